The first-order valence-corrected chi connectivity index (χ1v) is 7.30. The Labute approximate surface area is 134 Å². The van der Waals surface area contributed by atoms with Crippen molar-refractivity contribution in [2.45, 2.75) is 18.4 Å². The fourth-order valence-corrected chi connectivity index (χ4v) is 2.76. The number of halogens is 1. The van der Waals surface area contributed by atoms with Crippen LogP contribution < -0.4 is 0 Å². The van der Waals surface area contributed by atoms with E-state index >= 15 is 0 Å². The minimum absolute atomic E-state index is 0.279. The number of hydrogen-bond acceptors (Lipinski definition) is 3. The molecule has 0 fully saturated rings. The summed E-state index contributed by atoms with van der Waals surface area (Å²) in [5, 5.41) is 0. The van der Waals surface area contributed by atoms with Crippen molar-refractivity contribution in [1.29, 1.82) is 0 Å². The van der Waals surface area contributed by atoms with Crippen molar-refractivity contribution in [1.82, 2.24) is 0 Å². The molecule has 1 aliphatic rings. The Balaban J connectivity index is 2.03. The molecule has 4 heteroatoms. The van der Waals surface area contributed by atoms with Crippen LogP contribution in [0.5, 0.6) is 0 Å². The van der Waals surface area contributed by atoms with Gasteiger partial charge in [0.05, 0.1) is 0 Å². The van der Waals surface area contributed by atoms with Crippen molar-refractivity contribution in [3.05, 3.63) is 84.2 Å². The molecule has 0 unspecified atom stereocenters. The highest BCUT2D eigenvalue weighted by Crippen LogP contribution is 2.38. The van der Waals surface area contributed by atoms with Crippen molar-refractivity contribution >= 4 is 11.9 Å². The van der Waals surface area contributed by atoms with E-state index in [2.05, 4.69) is 11.6 Å². The van der Waals surface area contributed by atoms with Gasteiger partial charge in [-0.1, -0.05) is 36.4 Å². The molecule has 2 aromatic carbocycles. The minimum Gasteiger partial charge on any atom is -0.405 e. The molecule has 2 atom stereocenters. The Hall–Kier alpha value is -2.75. The van der Waals surface area contributed by atoms with E-state index in [0.29, 0.717) is 5.56 Å². The van der Waals surface area contributed by atoms with E-state index in [4.69, 9.17) is 4.74 Å². The first kappa shape index (κ1) is 15.2. The molecular formula is C19H16FNO2. The summed E-state index contributed by atoms with van der Waals surface area (Å²) in [5.41, 5.74) is 0.199. The highest BCUT2D eigenvalue weighted by Gasteiger charge is 2.47. The number of nitrogens with zero attached hydrogens (tertiary/aromatic N) is 1. The second-order valence-electron chi connectivity index (χ2n) is 5.59. The van der Waals surface area contributed by atoms with Gasteiger partial charge in [0, 0.05) is 11.5 Å². The molecule has 0 amide bonds. The highest BCUT2D eigenvalue weighted by molar-refractivity contribution is 6.08. The van der Waals surface area contributed by atoms with Crippen molar-refractivity contribution in [2.24, 2.45) is 4.99 Å². The van der Waals surface area contributed by atoms with Gasteiger partial charge in [-0.25, -0.2) is 14.2 Å². The zero-order chi connectivity index (χ0) is 16.4. The van der Waals surface area contributed by atoms with E-state index in [-0.39, 0.29) is 11.7 Å². The molecule has 0 saturated heterocycles. The summed E-state index contributed by atoms with van der Waals surface area (Å²) in [5.74, 6) is -1.03. The number of aliphatic imine (C=N–C) groups is 1. The van der Waals surface area contributed by atoms with Gasteiger partial charge in [-0.05, 0) is 36.8 Å². The Kier molecular flexibility index (Phi) is 3.82. The number of hydrogen-bond donors (Lipinski definition) is 0. The van der Waals surface area contributed by atoms with E-state index in [1.54, 1.807) is 25.1 Å². The molecule has 3 rings (SSSR count). The molecule has 0 aliphatic carbocycles. The molecule has 3 nitrogen and oxygen atoms in total. The molecule has 2 aromatic rings. The van der Waals surface area contributed by atoms with Crippen LogP contribution in [0.4, 0.5) is 4.39 Å². The van der Waals surface area contributed by atoms with Crippen LogP contribution in [0.25, 0.3) is 0 Å². The number of benzene rings is 2. The quantitative estimate of drug-likeness (QED) is 0.635. The standard InChI is InChI=1S/C19H16FNO2/c1-3-16(14-10-7-11-15(20)12-14)19(2)18(22)23-17(21-19)13-8-5-4-6-9-13/h3-12,16H,1H2,2H3/t16-,19+/m1/s1. The van der Waals surface area contributed by atoms with Crippen LogP contribution in [0.2, 0.25) is 0 Å². The van der Waals surface area contributed by atoms with Gasteiger partial charge in [0.1, 0.15) is 5.82 Å². The van der Waals surface area contributed by atoms with E-state index in [0.717, 1.165) is 5.56 Å². The van der Waals surface area contributed by atoms with E-state index < -0.39 is 17.4 Å². The lowest BCUT2D eigenvalue weighted by molar-refractivity contribution is -0.138. The van der Waals surface area contributed by atoms with Crippen LogP contribution >= 0.6 is 0 Å². The number of ether oxygens (including phenoxy) is 1. The first-order chi connectivity index (χ1) is 11.0. The predicted molar refractivity (Wildman–Crippen MR) is 86.8 cm³/mol. The zero-order valence-corrected chi connectivity index (χ0v) is 12.7. The summed E-state index contributed by atoms with van der Waals surface area (Å²) in [6.45, 7) is 5.47. The summed E-state index contributed by atoms with van der Waals surface area (Å²) in [7, 11) is 0. The molecule has 1 heterocycles. The summed E-state index contributed by atoms with van der Waals surface area (Å²) < 4.78 is 18.9. The largest absolute Gasteiger partial charge is 0.405 e. The Bertz CT molecular complexity index is 785. The lowest BCUT2D eigenvalue weighted by Gasteiger charge is -2.25. The third-order valence-corrected chi connectivity index (χ3v) is 4.01. The molecule has 23 heavy (non-hydrogen) atoms. The smallest absolute Gasteiger partial charge is 0.341 e. The van der Waals surface area contributed by atoms with Gasteiger partial charge >= 0.3 is 5.97 Å². The van der Waals surface area contributed by atoms with Crippen molar-refractivity contribution in [3.8, 4) is 0 Å². The lowest BCUT2D eigenvalue weighted by atomic mass is 9.81. The molecule has 0 N–H and O–H groups in total. The van der Waals surface area contributed by atoms with Crippen LogP contribution in [0, 0.1) is 5.82 Å². The summed E-state index contributed by atoms with van der Waals surface area (Å²) in [6.07, 6.45) is 1.60. The fourth-order valence-electron chi connectivity index (χ4n) is 2.76. The number of carbonyl (C=O) groups is 1. The summed E-state index contributed by atoms with van der Waals surface area (Å²) in [4.78, 5) is 17.0. The van der Waals surface area contributed by atoms with Crippen molar-refractivity contribution in [2.75, 3.05) is 0 Å². The maximum Gasteiger partial charge on any atom is 0.341 e. The number of rotatable bonds is 4. The van der Waals surface area contributed by atoms with Crippen molar-refractivity contribution < 1.29 is 13.9 Å². The molecule has 1 aliphatic heterocycles. The van der Waals surface area contributed by atoms with Gasteiger partial charge < -0.3 is 4.74 Å². The second kappa shape index (κ2) is 5.80. The average molecular weight is 309 g/mol. The van der Waals surface area contributed by atoms with Crippen molar-refractivity contribution in [3.63, 3.8) is 0 Å². The number of cyclic esters (lactones) is 1. The normalized spacial score (nSPS) is 21.5. The van der Waals surface area contributed by atoms with E-state index in [1.807, 2.05) is 30.3 Å². The molecule has 0 radical (unpaired) electrons. The lowest BCUT2D eigenvalue weighted by Crippen LogP contribution is -2.36. The third-order valence-electron chi connectivity index (χ3n) is 4.01. The van der Waals surface area contributed by atoms with Gasteiger partial charge in [0.2, 0.25) is 5.90 Å². The van der Waals surface area contributed by atoms with Gasteiger partial charge in [0.15, 0.2) is 5.54 Å². The molecular weight excluding hydrogens is 293 g/mol. The number of esters is 1. The maximum atomic E-state index is 13.5. The van der Waals surface area contributed by atoms with Crippen LogP contribution in [0.15, 0.2) is 72.2 Å². The number of carbonyl (C=O) groups excluding carboxylic acids is 1. The first-order valence-electron chi connectivity index (χ1n) is 7.30. The Morgan fingerprint density at radius 2 is 1.96 bits per heavy atom. The second-order valence-corrected chi connectivity index (χ2v) is 5.59. The predicted octanol–water partition coefficient (Wildman–Crippen LogP) is 3.86. The Morgan fingerprint density at radius 3 is 2.61 bits per heavy atom. The van der Waals surface area contributed by atoms with Gasteiger partial charge in [-0.3, -0.25) is 0 Å². The van der Waals surface area contributed by atoms with Crippen LogP contribution in [-0.4, -0.2) is 17.4 Å². The molecule has 0 bridgehead atoms. The van der Waals surface area contributed by atoms with Crippen LogP contribution in [0.1, 0.15) is 24.0 Å². The molecule has 0 spiro atoms. The SMILES string of the molecule is C=C[C@H](c1cccc(F)c1)[C@]1(C)N=C(c2ccccc2)OC1=O. The minimum atomic E-state index is -1.17. The highest BCUT2D eigenvalue weighted by atomic mass is 19.1. The monoisotopic (exact) mass is 309 g/mol. The van der Waals surface area contributed by atoms with Gasteiger partial charge in [-0.2, -0.15) is 0 Å². The summed E-state index contributed by atoms with van der Waals surface area (Å²) in [6, 6.07) is 15.3. The van der Waals surface area contributed by atoms with Crippen LogP contribution in [-0.2, 0) is 9.53 Å². The topological polar surface area (TPSA) is 38.7 Å². The zero-order valence-electron chi connectivity index (χ0n) is 12.7. The molecule has 0 saturated carbocycles. The van der Waals surface area contributed by atoms with Crippen LogP contribution in [0.3, 0.4) is 0 Å². The van der Waals surface area contributed by atoms with Gasteiger partial charge in [0.25, 0.3) is 0 Å². The van der Waals surface area contributed by atoms with Gasteiger partial charge in [-0.15, -0.1) is 6.58 Å². The maximum absolute atomic E-state index is 13.5. The average Bonchev–Trinajstić information content (AvgIpc) is 2.85. The third kappa shape index (κ3) is 2.68. The molecule has 116 valence electrons. The Morgan fingerprint density at radius 1 is 1.22 bits per heavy atom. The van der Waals surface area contributed by atoms with E-state index in [1.165, 1.54) is 12.1 Å². The fraction of sp³-hybridized carbons (Fsp3) is 0.158. The van der Waals surface area contributed by atoms with E-state index in [9.17, 15) is 9.18 Å². The molecule has 0 aromatic heterocycles. The summed E-state index contributed by atoms with van der Waals surface area (Å²) >= 11 is 0.